The standard InChI is InChI=1S/C15H13BrF3NO5S2/c1-26(21,22)12-5-2-10(3-6-12)9-20-27(23,24)14-7-4-11(16)8-13(14)25-15(17,18)19/h2-8,20H,9H2,1H3. The Morgan fingerprint density at radius 1 is 1.04 bits per heavy atom. The van der Waals surface area contributed by atoms with Crippen molar-refractivity contribution < 1.29 is 34.7 Å². The number of hydrogen-bond donors (Lipinski definition) is 1. The molecule has 0 aromatic heterocycles. The molecule has 27 heavy (non-hydrogen) atoms. The molecule has 2 rings (SSSR count). The molecule has 0 aliphatic rings. The van der Waals surface area contributed by atoms with Gasteiger partial charge in [-0.2, -0.15) is 0 Å². The number of hydrogen-bond acceptors (Lipinski definition) is 5. The summed E-state index contributed by atoms with van der Waals surface area (Å²) in [5, 5.41) is 0. The van der Waals surface area contributed by atoms with Gasteiger partial charge in [-0.25, -0.2) is 21.6 Å². The molecule has 0 amide bonds. The average Bonchev–Trinajstić information content (AvgIpc) is 2.51. The zero-order valence-electron chi connectivity index (χ0n) is 13.6. The first kappa shape index (κ1) is 21.7. The predicted octanol–water partition coefficient (Wildman–Crippen LogP) is 3.23. The van der Waals surface area contributed by atoms with Gasteiger partial charge in [0.2, 0.25) is 10.0 Å². The van der Waals surface area contributed by atoms with Crippen molar-refractivity contribution in [2.24, 2.45) is 0 Å². The van der Waals surface area contributed by atoms with E-state index in [0.29, 0.717) is 5.56 Å². The second-order valence-electron chi connectivity index (χ2n) is 5.38. The van der Waals surface area contributed by atoms with Crippen LogP contribution in [-0.4, -0.2) is 29.5 Å². The van der Waals surface area contributed by atoms with Gasteiger partial charge in [0, 0.05) is 17.3 Å². The van der Waals surface area contributed by atoms with E-state index in [1.807, 2.05) is 0 Å². The molecule has 0 aliphatic heterocycles. The van der Waals surface area contributed by atoms with Crippen molar-refractivity contribution in [3.63, 3.8) is 0 Å². The summed E-state index contributed by atoms with van der Waals surface area (Å²) in [7, 11) is -7.73. The summed E-state index contributed by atoms with van der Waals surface area (Å²) in [6.07, 6.45) is -4.03. The van der Waals surface area contributed by atoms with Crippen LogP contribution in [0.1, 0.15) is 5.56 Å². The number of rotatable bonds is 6. The van der Waals surface area contributed by atoms with Gasteiger partial charge < -0.3 is 4.74 Å². The number of sulfonamides is 1. The minimum atomic E-state index is -5.06. The second-order valence-corrected chi connectivity index (χ2v) is 10.0. The van der Waals surface area contributed by atoms with Crippen LogP contribution in [0.5, 0.6) is 5.75 Å². The number of benzene rings is 2. The Labute approximate surface area is 162 Å². The molecule has 1 N–H and O–H groups in total. The minimum absolute atomic E-state index is 0.0582. The summed E-state index contributed by atoms with van der Waals surface area (Å²) in [6.45, 7) is -0.256. The third-order valence-electron chi connectivity index (χ3n) is 3.24. The van der Waals surface area contributed by atoms with Gasteiger partial charge >= 0.3 is 6.36 Å². The van der Waals surface area contributed by atoms with E-state index in [4.69, 9.17) is 0 Å². The Hall–Kier alpha value is -1.63. The fraction of sp³-hybridized carbons (Fsp3) is 0.200. The Kier molecular flexibility index (Phi) is 6.24. The Bertz CT molecular complexity index is 1040. The third-order valence-corrected chi connectivity index (χ3v) is 6.30. The summed E-state index contributed by atoms with van der Waals surface area (Å²) < 4.78 is 91.3. The van der Waals surface area contributed by atoms with Crippen LogP contribution in [0.4, 0.5) is 13.2 Å². The highest BCUT2D eigenvalue weighted by Crippen LogP contribution is 2.32. The molecule has 6 nitrogen and oxygen atoms in total. The smallest absolute Gasteiger partial charge is 0.404 e. The van der Waals surface area contributed by atoms with Crippen molar-refractivity contribution in [2.45, 2.75) is 22.7 Å². The molecule has 0 bridgehead atoms. The SMILES string of the molecule is CS(=O)(=O)c1ccc(CNS(=O)(=O)c2ccc(Br)cc2OC(F)(F)F)cc1. The first-order valence-corrected chi connectivity index (χ1v) is 11.3. The molecule has 0 radical (unpaired) electrons. The van der Waals surface area contributed by atoms with Gasteiger partial charge in [-0.1, -0.05) is 28.1 Å². The van der Waals surface area contributed by atoms with E-state index >= 15 is 0 Å². The van der Waals surface area contributed by atoms with Gasteiger partial charge in [-0.15, -0.1) is 13.2 Å². The number of sulfone groups is 1. The predicted molar refractivity (Wildman–Crippen MR) is 94.4 cm³/mol. The van der Waals surface area contributed by atoms with Crippen molar-refractivity contribution in [1.82, 2.24) is 4.72 Å². The van der Waals surface area contributed by atoms with E-state index in [9.17, 15) is 30.0 Å². The van der Waals surface area contributed by atoms with E-state index in [1.54, 1.807) is 0 Å². The van der Waals surface area contributed by atoms with E-state index < -0.39 is 36.9 Å². The Morgan fingerprint density at radius 2 is 1.63 bits per heavy atom. The number of alkyl halides is 3. The molecule has 0 spiro atoms. The lowest BCUT2D eigenvalue weighted by Crippen LogP contribution is -2.25. The topological polar surface area (TPSA) is 89.5 Å². The van der Waals surface area contributed by atoms with Crippen molar-refractivity contribution in [2.75, 3.05) is 6.26 Å². The third kappa shape index (κ3) is 6.19. The van der Waals surface area contributed by atoms with Gasteiger partial charge in [-0.05, 0) is 35.9 Å². The van der Waals surface area contributed by atoms with Crippen LogP contribution in [0.2, 0.25) is 0 Å². The monoisotopic (exact) mass is 487 g/mol. The highest BCUT2D eigenvalue weighted by atomic mass is 79.9. The largest absolute Gasteiger partial charge is 0.573 e. The zero-order chi connectivity index (χ0) is 20.5. The van der Waals surface area contributed by atoms with Crippen LogP contribution < -0.4 is 9.46 Å². The Balaban J connectivity index is 2.24. The van der Waals surface area contributed by atoms with Crippen LogP contribution in [0.25, 0.3) is 0 Å². The Morgan fingerprint density at radius 3 is 2.15 bits per heavy atom. The zero-order valence-corrected chi connectivity index (χ0v) is 16.8. The van der Waals surface area contributed by atoms with Gasteiger partial charge in [0.1, 0.15) is 4.90 Å². The number of halogens is 4. The highest BCUT2D eigenvalue weighted by molar-refractivity contribution is 9.10. The van der Waals surface area contributed by atoms with Crippen LogP contribution in [0.15, 0.2) is 56.7 Å². The first-order valence-electron chi connectivity index (χ1n) is 7.12. The quantitative estimate of drug-likeness (QED) is 0.675. The van der Waals surface area contributed by atoms with Gasteiger partial charge in [0.25, 0.3) is 0 Å². The molecule has 12 heteroatoms. The van der Waals surface area contributed by atoms with Crippen LogP contribution >= 0.6 is 15.9 Å². The fourth-order valence-electron chi connectivity index (χ4n) is 2.02. The number of ether oxygens (including phenoxy) is 1. The van der Waals surface area contributed by atoms with E-state index in [1.165, 1.54) is 30.3 Å². The first-order chi connectivity index (χ1) is 12.3. The number of nitrogens with one attached hydrogen (secondary N) is 1. The molecular weight excluding hydrogens is 475 g/mol. The molecule has 2 aromatic carbocycles. The maximum absolute atomic E-state index is 12.5. The van der Waals surface area contributed by atoms with Crippen molar-refractivity contribution >= 4 is 35.8 Å². The lowest BCUT2D eigenvalue weighted by molar-refractivity contribution is -0.275. The molecule has 148 valence electrons. The minimum Gasteiger partial charge on any atom is -0.404 e. The van der Waals surface area contributed by atoms with Crippen molar-refractivity contribution in [1.29, 1.82) is 0 Å². The fourth-order valence-corrected chi connectivity index (χ4v) is 4.11. The van der Waals surface area contributed by atoms with Gasteiger partial charge in [-0.3, -0.25) is 0 Å². The van der Waals surface area contributed by atoms with Gasteiger partial charge in [0.05, 0.1) is 4.90 Å². The average molecular weight is 488 g/mol. The molecule has 0 saturated carbocycles. The van der Waals surface area contributed by atoms with E-state index in [2.05, 4.69) is 25.4 Å². The lowest BCUT2D eigenvalue weighted by Gasteiger charge is -2.14. The van der Waals surface area contributed by atoms with Crippen LogP contribution in [0, 0.1) is 0 Å². The van der Waals surface area contributed by atoms with Crippen molar-refractivity contribution in [3.05, 3.63) is 52.5 Å². The normalized spacial score (nSPS) is 12.8. The summed E-state index contributed by atoms with van der Waals surface area (Å²) in [4.78, 5) is -0.626. The van der Waals surface area contributed by atoms with Crippen LogP contribution in [0.3, 0.4) is 0 Å². The molecular formula is C15H13BrF3NO5S2. The molecule has 0 unspecified atom stereocenters. The van der Waals surface area contributed by atoms with Gasteiger partial charge in [0.15, 0.2) is 15.6 Å². The van der Waals surface area contributed by atoms with E-state index in [-0.39, 0.29) is 15.9 Å². The van der Waals surface area contributed by atoms with E-state index in [0.717, 1.165) is 18.4 Å². The second kappa shape index (κ2) is 7.78. The maximum Gasteiger partial charge on any atom is 0.573 e. The summed E-state index contributed by atoms with van der Waals surface area (Å²) in [5.41, 5.74) is 0.418. The summed E-state index contributed by atoms with van der Waals surface area (Å²) in [6, 6.07) is 8.52. The molecule has 0 heterocycles. The molecule has 0 fully saturated rings. The van der Waals surface area contributed by atoms with Crippen LogP contribution in [-0.2, 0) is 26.4 Å². The van der Waals surface area contributed by atoms with Crippen molar-refractivity contribution in [3.8, 4) is 5.75 Å². The molecule has 0 aliphatic carbocycles. The summed E-state index contributed by atoms with van der Waals surface area (Å²) in [5.74, 6) is -0.878. The molecule has 0 saturated heterocycles. The highest BCUT2D eigenvalue weighted by Gasteiger charge is 2.34. The molecule has 0 atom stereocenters. The molecule has 2 aromatic rings. The lowest BCUT2D eigenvalue weighted by atomic mass is 10.2. The maximum atomic E-state index is 12.5. The summed E-state index contributed by atoms with van der Waals surface area (Å²) >= 11 is 2.96.